The summed E-state index contributed by atoms with van der Waals surface area (Å²) in [4.78, 5) is 22.6. The van der Waals surface area contributed by atoms with E-state index >= 15 is 0 Å². The molecular weight excluding hydrogens is 400 g/mol. The molecule has 2 aromatic heterocycles. The Balaban J connectivity index is 1.58. The van der Waals surface area contributed by atoms with E-state index in [0.29, 0.717) is 0 Å². The number of hydrogen-bond donors (Lipinski definition) is 1. The van der Waals surface area contributed by atoms with Crippen LogP contribution in [0.15, 0.2) is 42.7 Å². The zero-order valence-corrected chi connectivity index (χ0v) is 16.5. The SMILES string of the molecule is CCn1ccc(C(C)NC(=O)c2ccn(COc3ccc([N+](=O)[O-])cc3Cl)n2)n1. The number of nitrogens with zero attached hydrogens (tertiary/aromatic N) is 5. The Labute approximate surface area is 171 Å². The lowest BCUT2D eigenvalue weighted by atomic mass is 10.2. The van der Waals surface area contributed by atoms with Crippen molar-refractivity contribution in [3.05, 3.63) is 69.3 Å². The Hall–Kier alpha value is -3.40. The molecule has 0 aliphatic carbocycles. The number of nitro groups is 1. The van der Waals surface area contributed by atoms with Crippen LogP contribution in [0.3, 0.4) is 0 Å². The molecule has 0 radical (unpaired) electrons. The molecule has 29 heavy (non-hydrogen) atoms. The molecule has 1 amide bonds. The number of non-ortho nitro benzene ring substituents is 1. The lowest BCUT2D eigenvalue weighted by Crippen LogP contribution is -2.27. The maximum absolute atomic E-state index is 12.4. The summed E-state index contributed by atoms with van der Waals surface area (Å²) in [7, 11) is 0. The van der Waals surface area contributed by atoms with Crippen molar-refractivity contribution in [3.63, 3.8) is 0 Å². The molecule has 1 atom stereocenters. The average molecular weight is 419 g/mol. The van der Waals surface area contributed by atoms with E-state index in [4.69, 9.17) is 16.3 Å². The van der Waals surface area contributed by atoms with E-state index in [1.54, 1.807) is 16.9 Å². The minimum absolute atomic E-state index is 0.0126. The summed E-state index contributed by atoms with van der Waals surface area (Å²) in [6.45, 7) is 4.57. The summed E-state index contributed by atoms with van der Waals surface area (Å²) in [5.74, 6) is -0.0606. The maximum atomic E-state index is 12.4. The Morgan fingerprint density at radius 3 is 2.69 bits per heavy atom. The third-order valence-electron chi connectivity index (χ3n) is 4.13. The highest BCUT2D eigenvalue weighted by atomic mass is 35.5. The van der Waals surface area contributed by atoms with Gasteiger partial charge in [0.05, 0.1) is 21.7 Å². The van der Waals surface area contributed by atoms with Gasteiger partial charge in [0.25, 0.3) is 11.6 Å². The number of aromatic nitrogens is 4. The Morgan fingerprint density at radius 2 is 2.03 bits per heavy atom. The minimum Gasteiger partial charge on any atom is -0.470 e. The molecule has 0 bridgehead atoms. The highest BCUT2D eigenvalue weighted by molar-refractivity contribution is 6.32. The lowest BCUT2D eigenvalue weighted by molar-refractivity contribution is -0.384. The van der Waals surface area contributed by atoms with Crippen LogP contribution in [0.1, 0.15) is 36.1 Å². The molecule has 0 aliphatic heterocycles. The van der Waals surface area contributed by atoms with Gasteiger partial charge in [-0.25, -0.2) is 4.68 Å². The van der Waals surface area contributed by atoms with Gasteiger partial charge in [-0.1, -0.05) is 11.6 Å². The van der Waals surface area contributed by atoms with Gasteiger partial charge in [-0.05, 0) is 32.0 Å². The fourth-order valence-corrected chi connectivity index (χ4v) is 2.77. The number of ether oxygens (including phenoxy) is 1. The number of amides is 1. The van der Waals surface area contributed by atoms with E-state index in [2.05, 4.69) is 15.5 Å². The van der Waals surface area contributed by atoms with Crippen molar-refractivity contribution in [1.29, 1.82) is 0 Å². The molecule has 1 N–H and O–H groups in total. The van der Waals surface area contributed by atoms with Crippen molar-refractivity contribution in [1.82, 2.24) is 24.9 Å². The monoisotopic (exact) mass is 418 g/mol. The van der Waals surface area contributed by atoms with Crippen LogP contribution >= 0.6 is 11.6 Å². The molecule has 0 fully saturated rings. The van der Waals surface area contributed by atoms with Crippen LogP contribution in [0.2, 0.25) is 5.02 Å². The van der Waals surface area contributed by atoms with Crippen LogP contribution in [-0.4, -0.2) is 30.4 Å². The van der Waals surface area contributed by atoms with Gasteiger partial charge in [-0.3, -0.25) is 19.6 Å². The number of carbonyl (C=O) groups is 1. The van der Waals surface area contributed by atoms with Crippen molar-refractivity contribution >= 4 is 23.2 Å². The average Bonchev–Trinajstić information content (AvgIpc) is 3.36. The normalized spacial score (nSPS) is 11.8. The third kappa shape index (κ3) is 4.91. The summed E-state index contributed by atoms with van der Waals surface area (Å²) in [5.41, 5.74) is 0.860. The molecule has 1 aromatic carbocycles. The van der Waals surface area contributed by atoms with Crippen LogP contribution < -0.4 is 10.1 Å². The van der Waals surface area contributed by atoms with Gasteiger partial charge in [-0.2, -0.15) is 10.2 Å². The van der Waals surface area contributed by atoms with Gasteiger partial charge in [0, 0.05) is 31.1 Å². The summed E-state index contributed by atoms with van der Waals surface area (Å²) in [6.07, 6.45) is 3.44. The first-order valence-corrected chi connectivity index (χ1v) is 9.19. The molecule has 2 heterocycles. The van der Waals surface area contributed by atoms with E-state index in [1.807, 2.05) is 26.1 Å². The summed E-state index contributed by atoms with van der Waals surface area (Å²) in [6, 6.07) is 7.07. The van der Waals surface area contributed by atoms with Crippen molar-refractivity contribution in [2.75, 3.05) is 0 Å². The highest BCUT2D eigenvalue weighted by Crippen LogP contribution is 2.28. The van der Waals surface area contributed by atoms with Crippen molar-refractivity contribution in [2.24, 2.45) is 0 Å². The second-order valence-corrected chi connectivity index (χ2v) is 6.58. The molecule has 3 rings (SSSR count). The number of halogens is 1. The number of aryl methyl sites for hydroxylation is 1. The number of carbonyl (C=O) groups excluding carboxylic acids is 1. The fourth-order valence-electron chi connectivity index (χ4n) is 2.54. The predicted molar refractivity (Wildman–Crippen MR) is 105 cm³/mol. The largest absolute Gasteiger partial charge is 0.470 e. The molecule has 0 saturated heterocycles. The minimum atomic E-state index is -0.540. The Morgan fingerprint density at radius 1 is 1.28 bits per heavy atom. The molecule has 11 heteroatoms. The second kappa shape index (κ2) is 8.74. The molecular formula is C18H19ClN6O4. The van der Waals surface area contributed by atoms with Crippen LogP contribution in [0.5, 0.6) is 5.75 Å². The van der Waals surface area contributed by atoms with Crippen LogP contribution in [0, 0.1) is 10.1 Å². The number of hydrogen-bond acceptors (Lipinski definition) is 6. The van der Waals surface area contributed by atoms with Crippen LogP contribution in [0.4, 0.5) is 5.69 Å². The second-order valence-electron chi connectivity index (χ2n) is 6.18. The predicted octanol–water partition coefficient (Wildman–Crippen LogP) is 3.19. The first-order chi connectivity index (χ1) is 13.9. The van der Waals surface area contributed by atoms with Gasteiger partial charge in [0.2, 0.25) is 0 Å². The summed E-state index contributed by atoms with van der Waals surface area (Å²) in [5, 5.41) is 22.2. The van der Waals surface area contributed by atoms with Crippen LogP contribution in [-0.2, 0) is 13.3 Å². The van der Waals surface area contributed by atoms with Crippen molar-refractivity contribution in [3.8, 4) is 5.75 Å². The van der Waals surface area contributed by atoms with E-state index in [1.165, 1.54) is 22.9 Å². The standard InChI is InChI=1S/C18H19ClN6O4/c1-3-23-8-6-15(21-23)12(2)20-18(26)16-7-9-24(22-16)11-29-17-5-4-13(25(27)28)10-14(17)19/h4-10,12H,3,11H2,1-2H3,(H,20,26). The van der Waals surface area contributed by atoms with Gasteiger partial charge >= 0.3 is 0 Å². The highest BCUT2D eigenvalue weighted by Gasteiger charge is 2.16. The number of nitro benzene ring substituents is 1. The number of nitrogens with one attached hydrogen (secondary N) is 1. The summed E-state index contributed by atoms with van der Waals surface area (Å²) < 4.78 is 8.72. The first kappa shape index (κ1) is 20.3. The first-order valence-electron chi connectivity index (χ1n) is 8.81. The summed E-state index contributed by atoms with van der Waals surface area (Å²) >= 11 is 5.99. The van der Waals surface area contributed by atoms with Crippen LogP contribution in [0.25, 0.3) is 0 Å². The van der Waals surface area contributed by atoms with E-state index in [0.717, 1.165) is 12.2 Å². The lowest BCUT2D eigenvalue weighted by Gasteiger charge is -2.10. The molecule has 0 spiro atoms. The topological polar surface area (TPSA) is 117 Å². The molecule has 1 unspecified atom stereocenters. The smallest absolute Gasteiger partial charge is 0.272 e. The third-order valence-corrected chi connectivity index (χ3v) is 4.42. The molecule has 152 valence electrons. The van der Waals surface area contributed by atoms with Gasteiger partial charge in [0.1, 0.15) is 11.4 Å². The van der Waals surface area contributed by atoms with Gasteiger partial charge in [-0.15, -0.1) is 0 Å². The Kier molecular flexibility index (Phi) is 6.13. The number of rotatable bonds is 8. The van der Waals surface area contributed by atoms with E-state index in [-0.39, 0.29) is 40.8 Å². The number of benzene rings is 1. The fraction of sp³-hybridized carbons (Fsp3) is 0.278. The molecule has 0 aliphatic rings. The Bertz CT molecular complexity index is 1030. The van der Waals surface area contributed by atoms with Crippen molar-refractivity contribution in [2.45, 2.75) is 33.2 Å². The quantitative estimate of drug-likeness (QED) is 0.443. The van der Waals surface area contributed by atoms with E-state index in [9.17, 15) is 14.9 Å². The molecule has 3 aromatic rings. The zero-order valence-electron chi connectivity index (χ0n) is 15.8. The molecule has 0 saturated carbocycles. The zero-order chi connectivity index (χ0) is 21.0. The van der Waals surface area contributed by atoms with Crippen molar-refractivity contribution < 1.29 is 14.5 Å². The van der Waals surface area contributed by atoms with Gasteiger partial charge in [0.15, 0.2) is 6.73 Å². The van der Waals surface area contributed by atoms with E-state index < -0.39 is 4.92 Å². The molecule has 10 nitrogen and oxygen atoms in total. The maximum Gasteiger partial charge on any atom is 0.272 e. The van der Waals surface area contributed by atoms with Gasteiger partial charge < -0.3 is 10.1 Å².